The highest BCUT2D eigenvalue weighted by molar-refractivity contribution is 4.93. The second-order valence-corrected chi connectivity index (χ2v) is 5.28. The first-order chi connectivity index (χ1) is 6.62. The smallest absolute Gasteiger partial charge is 0.0624 e. The van der Waals surface area contributed by atoms with Gasteiger partial charge in [0, 0.05) is 24.0 Å². The molecule has 0 aromatic carbocycles. The molecule has 0 bridgehead atoms. The van der Waals surface area contributed by atoms with Gasteiger partial charge in [-0.15, -0.1) is 0 Å². The molecule has 3 nitrogen and oxygen atoms in total. The number of rotatable bonds is 3. The summed E-state index contributed by atoms with van der Waals surface area (Å²) in [7, 11) is 2.22. The lowest BCUT2D eigenvalue weighted by Crippen LogP contribution is -2.49. The second-order valence-electron chi connectivity index (χ2n) is 5.28. The molecule has 0 radical (unpaired) electrons. The first kappa shape index (κ1) is 10.4. The van der Waals surface area contributed by atoms with Crippen LogP contribution in [-0.4, -0.2) is 43.8 Å². The number of ether oxygens (including phenoxy) is 1. The molecule has 3 heteroatoms. The van der Waals surface area contributed by atoms with Gasteiger partial charge in [0.25, 0.3) is 0 Å². The Morgan fingerprint density at radius 3 is 2.64 bits per heavy atom. The molecule has 1 aliphatic carbocycles. The summed E-state index contributed by atoms with van der Waals surface area (Å²) < 4.78 is 5.45. The molecule has 1 saturated heterocycles. The molecule has 2 atom stereocenters. The van der Waals surface area contributed by atoms with E-state index < -0.39 is 0 Å². The maximum absolute atomic E-state index is 6.07. The van der Waals surface area contributed by atoms with Crippen LogP contribution < -0.4 is 5.73 Å². The van der Waals surface area contributed by atoms with Gasteiger partial charge < -0.3 is 15.4 Å². The summed E-state index contributed by atoms with van der Waals surface area (Å²) in [5.41, 5.74) is 6.24. The monoisotopic (exact) mass is 198 g/mol. The Kier molecular flexibility index (Phi) is 2.82. The van der Waals surface area contributed by atoms with Crippen molar-refractivity contribution >= 4 is 0 Å². The van der Waals surface area contributed by atoms with Gasteiger partial charge in [0.2, 0.25) is 0 Å². The van der Waals surface area contributed by atoms with Crippen LogP contribution >= 0.6 is 0 Å². The number of nitrogens with zero attached hydrogens (tertiary/aromatic N) is 1. The van der Waals surface area contributed by atoms with Crippen LogP contribution in [0.15, 0.2) is 0 Å². The summed E-state index contributed by atoms with van der Waals surface area (Å²) in [5, 5.41) is 0. The molecule has 0 spiro atoms. The predicted molar refractivity (Wildman–Crippen MR) is 57.2 cm³/mol. The van der Waals surface area contributed by atoms with Crippen molar-refractivity contribution in [2.24, 2.45) is 11.1 Å². The molecule has 0 amide bonds. The molecule has 1 heterocycles. The van der Waals surface area contributed by atoms with E-state index in [4.69, 9.17) is 10.5 Å². The van der Waals surface area contributed by atoms with Crippen LogP contribution in [0.25, 0.3) is 0 Å². The molecule has 0 aromatic heterocycles. The molecule has 0 aromatic rings. The molecule has 2 aliphatic rings. The fourth-order valence-electron chi connectivity index (χ4n) is 2.42. The molecule has 2 unspecified atom stereocenters. The lowest BCUT2D eigenvalue weighted by atomic mass is 9.83. The van der Waals surface area contributed by atoms with Gasteiger partial charge in [-0.05, 0) is 19.9 Å². The van der Waals surface area contributed by atoms with Crippen molar-refractivity contribution in [3.8, 4) is 0 Å². The Morgan fingerprint density at radius 1 is 1.50 bits per heavy atom. The molecule has 2 fully saturated rings. The van der Waals surface area contributed by atoms with Crippen LogP contribution in [0, 0.1) is 5.41 Å². The SMILES string of the molecule is CN(CC1(C)COCC1N)C1CCC1. The van der Waals surface area contributed by atoms with Gasteiger partial charge in [0.05, 0.1) is 13.2 Å². The van der Waals surface area contributed by atoms with Crippen molar-refractivity contribution in [3.05, 3.63) is 0 Å². The summed E-state index contributed by atoms with van der Waals surface area (Å²) in [6.45, 7) is 4.89. The van der Waals surface area contributed by atoms with Crippen LogP contribution in [0.1, 0.15) is 26.2 Å². The third kappa shape index (κ3) is 1.81. The maximum atomic E-state index is 6.07. The van der Waals surface area contributed by atoms with Gasteiger partial charge >= 0.3 is 0 Å². The third-order valence-electron chi connectivity index (χ3n) is 3.93. The van der Waals surface area contributed by atoms with E-state index in [1.807, 2.05) is 0 Å². The minimum atomic E-state index is 0.171. The molecule has 1 saturated carbocycles. The fraction of sp³-hybridized carbons (Fsp3) is 1.00. The van der Waals surface area contributed by atoms with Crippen LogP contribution in [0.5, 0.6) is 0 Å². The second kappa shape index (κ2) is 3.80. The van der Waals surface area contributed by atoms with Crippen molar-refractivity contribution in [2.45, 2.75) is 38.3 Å². The van der Waals surface area contributed by atoms with Gasteiger partial charge in [-0.3, -0.25) is 0 Å². The Labute approximate surface area is 86.6 Å². The van der Waals surface area contributed by atoms with Crippen molar-refractivity contribution in [3.63, 3.8) is 0 Å². The molecule has 1 aliphatic heterocycles. The van der Waals surface area contributed by atoms with Crippen LogP contribution in [-0.2, 0) is 4.74 Å². The lowest BCUT2D eigenvalue weighted by Gasteiger charge is -2.40. The zero-order valence-electron chi connectivity index (χ0n) is 9.33. The molecule has 2 N–H and O–H groups in total. The average Bonchev–Trinajstić information content (AvgIpc) is 2.27. The van der Waals surface area contributed by atoms with Crippen molar-refractivity contribution in [1.29, 1.82) is 0 Å². The van der Waals surface area contributed by atoms with E-state index in [1.165, 1.54) is 19.3 Å². The molecule has 82 valence electrons. The third-order valence-corrected chi connectivity index (χ3v) is 3.93. The summed E-state index contributed by atoms with van der Waals surface area (Å²) >= 11 is 0. The molecular weight excluding hydrogens is 176 g/mol. The van der Waals surface area contributed by atoms with E-state index in [9.17, 15) is 0 Å². The van der Waals surface area contributed by atoms with E-state index in [0.29, 0.717) is 0 Å². The summed E-state index contributed by atoms with van der Waals surface area (Å²) in [6, 6.07) is 1.02. The number of nitrogens with two attached hydrogens (primary N) is 1. The topological polar surface area (TPSA) is 38.5 Å². The van der Waals surface area contributed by atoms with E-state index in [0.717, 1.165) is 25.8 Å². The highest BCUT2D eigenvalue weighted by Crippen LogP contribution is 2.31. The van der Waals surface area contributed by atoms with E-state index in [-0.39, 0.29) is 11.5 Å². The van der Waals surface area contributed by atoms with E-state index in [1.54, 1.807) is 0 Å². The van der Waals surface area contributed by atoms with Crippen molar-refractivity contribution in [1.82, 2.24) is 4.90 Å². The lowest BCUT2D eigenvalue weighted by molar-refractivity contribution is 0.0828. The number of hydrogen-bond acceptors (Lipinski definition) is 3. The minimum Gasteiger partial charge on any atom is -0.379 e. The first-order valence-electron chi connectivity index (χ1n) is 5.65. The summed E-state index contributed by atoms with van der Waals surface area (Å²) in [4.78, 5) is 2.47. The molecular formula is C11H22N2O. The number of hydrogen-bond donors (Lipinski definition) is 1. The Balaban J connectivity index is 1.88. The quantitative estimate of drug-likeness (QED) is 0.730. The van der Waals surface area contributed by atoms with Crippen LogP contribution in [0.3, 0.4) is 0 Å². The van der Waals surface area contributed by atoms with Gasteiger partial charge in [-0.25, -0.2) is 0 Å². The average molecular weight is 198 g/mol. The van der Waals surface area contributed by atoms with Crippen molar-refractivity contribution < 1.29 is 4.74 Å². The minimum absolute atomic E-state index is 0.171. The molecule has 2 rings (SSSR count). The highest BCUT2D eigenvalue weighted by Gasteiger charge is 2.39. The first-order valence-corrected chi connectivity index (χ1v) is 5.65. The normalized spacial score (nSPS) is 39.0. The van der Waals surface area contributed by atoms with Gasteiger partial charge in [-0.1, -0.05) is 13.3 Å². The van der Waals surface area contributed by atoms with Gasteiger partial charge in [0.1, 0.15) is 0 Å². The summed E-state index contributed by atoms with van der Waals surface area (Å²) in [6.07, 6.45) is 4.12. The zero-order valence-corrected chi connectivity index (χ0v) is 9.33. The Morgan fingerprint density at radius 2 is 2.21 bits per heavy atom. The zero-order chi connectivity index (χ0) is 10.2. The summed E-state index contributed by atoms with van der Waals surface area (Å²) in [5.74, 6) is 0. The maximum Gasteiger partial charge on any atom is 0.0624 e. The fourth-order valence-corrected chi connectivity index (χ4v) is 2.42. The van der Waals surface area contributed by atoms with Crippen LogP contribution in [0.4, 0.5) is 0 Å². The van der Waals surface area contributed by atoms with Gasteiger partial charge in [0.15, 0.2) is 0 Å². The highest BCUT2D eigenvalue weighted by atomic mass is 16.5. The Hall–Kier alpha value is -0.120. The van der Waals surface area contributed by atoms with Gasteiger partial charge in [-0.2, -0.15) is 0 Å². The van der Waals surface area contributed by atoms with E-state index >= 15 is 0 Å². The Bertz CT molecular complexity index is 205. The predicted octanol–water partition coefficient (Wildman–Crippen LogP) is 0.834. The van der Waals surface area contributed by atoms with Crippen molar-refractivity contribution in [2.75, 3.05) is 26.8 Å². The van der Waals surface area contributed by atoms with E-state index in [2.05, 4.69) is 18.9 Å². The molecule has 14 heavy (non-hydrogen) atoms. The largest absolute Gasteiger partial charge is 0.379 e. The van der Waals surface area contributed by atoms with Crippen LogP contribution in [0.2, 0.25) is 0 Å². The standard InChI is InChI=1S/C11H22N2O/c1-11(8-14-6-10(11)12)7-13(2)9-4-3-5-9/h9-10H,3-8,12H2,1-2H3.